The number of hydrogen-bond acceptors (Lipinski definition) is 5. The quantitative estimate of drug-likeness (QED) is 0.440. The van der Waals surface area contributed by atoms with Crippen LogP contribution in [0.3, 0.4) is 0 Å². The zero-order chi connectivity index (χ0) is 23.9. The largest absolute Gasteiger partial charge is 0.465 e. The second kappa shape index (κ2) is 11.1. The summed E-state index contributed by atoms with van der Waals surface area (Å²) in [7, 11) is 1.36. The van der Waals surface area contributed by atoms with Crippen LogP contribution in [0.5, 0.6) is 0 Å². The van der Waals surface area contributed by atoms with Crippen molar-refractivity contribution in [2.24, 2.45) is 17.6 Å². The second-order valence-corrected chi connectivity index (χ2v) is 8.96. The fourth-order valence-corrected chi connectivity index (χ4v) is 4.61. The molecule has 1 fully saturated rings. The number of benzene rings is 2. The van der Waals surface area contributed by atoms with Crippen molar-refractivity contribution in [3.8, 4) is 11.3 Å². The molecule has 34 heavy (non-hydrogen) atoms. The third kappa shape index (κ3) is 5.72. The molecule has 0 bridgehead atoms. The van der Waals surface area contributed by atoms with E-state index in [1.54, 1.807) is 18.3 Å². The van der Waals surface area contributed by atoms with Crippen molar-refractivity contribution < 1.29 is 14.3 Å². The molecule has 1 aliphatic rings. The molecule has 1 heterocycles. The molecule has 1 atom stereocenters. The SMILES string of the molecule is COC(=O)c1cccc(-c2cnc([C@H](Cc3ccccc3)NC(=O)C3CCC(CN)CC3)[nH]2)c1. The van der Waals surface area contributed by atoms with Gasteiger partial charge in [0.25, 0.3) is 0 Å². The summed E-state index contributed by atoms with van der Waals surface area (Å²) in [6.07, 6.45) is 6.10. The Morgan fingerprint density at radius 3 is 2.59 bits per heavy atom. The van der Waals surface area contributed by atoms with Gasteiger partial charge in [-0.2, -0.15) is 0 Å². The fraction of sp³-hybridized carbons (Fsp3) is 0.370. The van der Waals surface area contributed by atoms with E-state index in [4.69, 9.17) is 10.5 Å². The van der Waals surface area contributed by atoms with Crippen LogP contribution < -0.4 is 11.1 Å². The molecular formula is C27H32N4O3. The molecule has 2 aromatic carbocycles. The number of imidazole rings is 1. The van der Waals surface area contributed by atoms with Gasteiger partial charge in [-0.3, -0.25) is 4.79 Å². The zero-order valence-corrected chi connectivity index (χ0v) is 19.5. The molecule has 1 amide bonds. The van der Waals surface area contributed by atoms with Crippen LogP contribution >= 0.6 is 0 Å². The molecule has 7 nitrogen and oxygen atoms in total. The van der Waals surface area contributed by atoms with Crippen LogP contribution in [0.1, 0.15) is 53.5 Å². The summed E-state index contributed by atoms with van der Waals surface area (Å²) < 4.78 is 4.83. The van der Waals surface area contributed by atoms with Crippen molar-refractivity contribution in [2.45, 2.75) is 38.1 Å². The van der Waals surface area contributed by atoms with Crippen LogP contribution in [0, 0.1) is 11.8 Å². The van der Waals surface area contributed by atoms with Crippen LogP contribution in [0.25, 0.3) is 11.3 Å². The maximum atomic E-state index is 13.2. The lowest BCUT2D eigenvalue weighted by Gasteiger charge is -2.28. The lowest BCUT2D eigenvalue weighted by Crippen LogP contribution is -2.37. The Hall–Kier alpha value is -3.45. The predicted octanol–water partition coefficient (Wildman–Crippen LogP) is 4.03. The second-order valence-electron chi connectivity index (χ2n) is 8.96. The van der Waals surface area contributed by atoms with Gasteiger partial charge in [0.2, 0.25) is 5.91 Å². The number of rotatable bonds is 8. The van der Waals surface area contributed by atoms with E-state index in [1.807, 2.05) is 30.3 Å². The van der Waals surface area contributed by atoms with E-state index >= 15 is 0 Å². The minimum atomic E-state index is -0.389. The minimum Gasteiger partial charge on any atom is -0.465 e. The summed E-state index contributed by atoms with van der Waals surface area (Å²) in [4.78, 5) is 33.1. The minimum absolute atomic E-state index is 0.00671. The Kier molecular flexibility index (Phi) is 7.75. The molecule has 1 saturated carbocycles. The zero-order valence-electron chi connectivity index (χ0n) is 19.5. The van der Waals surface area contributed by atoms with E-state index in [-0.39, 0.29) is 23.8 Å². The number of hydrogen-bond donors (Lipinski definition) is 3. The van der Waals surface area contributed by atoms with Crippen LogP contribution in [0.4, 0.5) is 0 Å². The van der Waals surface area contributed by atoms with Gasteiger partial charge < -0.3 is 20.8 Å². The van der Waals surface area contributed by atoms with Crippen molar-refractivity contribution in [3.63, 3.8) is 0 Å². The van der Waals surface area contributed by atoms with Crippen molar-refractivity contribution >= 4 is 11.9 Å². The molecule has 0 unspecified atom stereocenters. The number of nitrogens with two attached hydrogens (primary N) is 1. The first-order valence-electron chi connectivity index (χ1n) is 11.9. The molecule has 4 N–H and O–H groups in total. The number of methoxy groups -OCH3 is 1. The molecular weight excluding hydrogens is 428 g/mol. The van der Waals surface area contributed by atoms with Crippen LogP contribution in [-0.2, 0) is 16.0 Å². The van der Waals surface area contributed by atoms with Crippen molar-refractivity contribution in [1.29, 1.82) is 0 Å². The molecule has 0 radical (unpaired) electrons. The number of nitrogens with one attached hydrogen (secondary N) is 2. The van der Waals surface area contributed by atoms with Crippen molar-refractivity contribution in [3.05, 3.63) is 77.7 Å². The van der Waals surface area contributed by atoms with E-state index in [0.717, 1.165) is 42.5 Å². The van der Waals surface area contributed by atoms with Gasteiger partial charge in [-0.1, -0.05) is 42.5 Å². The van der Waals surface area contributed by atoms with E-state index in [1.165, 1.54) is 7.11 Å². The molecule has 4 rings (SSSR count). The summed E-state index contributed by atoms with van der Waals surface area (Å²) in [6, 6.07) is 17.0. The van der Waals surface area contributed by atoms with Crippen LogP contribution in [0.15, 0.2) is 60.8 Å². The molecule has 1 aromatic heterocycles. The lowest BCUT2D eigenvalue weighted by atomic mass is 9.81. The van der Waals surface area contributed by atoms with Gasteiger partial charge in [-0.25, -0.2) is 9.78 Å². The highest BCUT2D eigenvalue weighted by Crippen LogP contribution is 2.29. The first-order chi connectivity index (χ1) is 16.6. The van der Waals surface area contributed by atoms with E-state index in [2.05, 4.69) is 27.4 Å². The lowest BCUT2D eigenvalue weighted by molar-refractivity contribution is -0.127. The molecule has 0 saturated heterocycles. The molecule has 0 aliphatic heterocycles. The van der Waals surface area contributed by atoms with Crippen LogP contribution in [-0.4, -0.2) is 35.5 Å². The molecule has 178 valence electrons. The average molecular weight is 461 g/mol. The summed E-state index contributed by atoms with van der Waals surface area (Å²) in [6.45, 7) is 0.692. The summed E-state index contributed by atoms with van der Waals surface area (Å²) >= 11 is 0. The van der Waals surface area contributed by atoms with Crippen molar-refractivity contribution in [1.82, 2.24) is 15.3 Å². The number of ether oxygens (including phenoxy) is 1. The number of aromatic nitrogens is 2. The summed E-state index contributed by atoms with van der Waals surface area (Å²) in [5, 5.41) is 3.25. The van der Waals surface area contributed by atoms with Gasteiger partial charge >= 0.3 is 5.97 Å². The van der Waals surface area contributed by atoms with Gasteiger partial charge in [0.15, 0.2) is 0 Å². The van der Waals surface area contributed by atoms with Gasteiger partial charge in [0.1, 0.15) is 5.82 Å². The van der Waals surface area contributed by atoms with E-state index < -0.39 is 0 Å². The maximum Gasteiger partial charge on any atom is 0.337 e. The third-order valence-electron chi connectivity index (χ3n) is 6.67. The standard InChI is InChI=1S/C27H32N4O3/c1-34-27(33)22-9-5-8-21(15-22)24-17-29-25(30-24)23(14-18-6-3-2-4-7-18)31-26(32)20-12-10-19(16-28)11-13-20/h2-9,15,17,19-20,23H,10-14,16,28H2,1H3,(H,29,30)(H,31,32)/t19?,20?,23-/m0/s1. The third-order valence-corrected chi connectivity index (χ3v) is 6.67. The Morgan fingerprint density at radius 1 is 1.12 bits per heavy atom. The monoisotopic (exact) mass is 460 g/mol. The number of nitrogens with zero attached hydrogens (tertiary/aromatic N) is 1. The normalized spacial score (nSPS) is 18.8. The summed E-state index contributed by atoms with van der Waals surface area (Å²) in [5.74, 6) is 0.901. The van der Waals surface area contributed by atoms with Crippen molar-refractivity contribution in [2.75, 3.05) is 13.7 Å². The molecule has 1 aliphatic carbocycles. The number of esters is 1. The maximum absolute atomic E-state index is 13.2. The number of H-pyrrole nitrogens is 1. The Labute approximate surface area is 200 Å². The van der Waals surface area contributed by atoms with Crippen LogP contribution in [0.2, 0.25) is 0 Å². The number of amides is 1. The first-order valence-corrected chi connectivity index (χ1v) is 11.9. The first kappa shape index (κ1) is 23.7. The Bertz CT molecular complexity index is 1100. The topological polar surface area (TPSA) is 110 Å². The summed E-state index contributed by atoms with van der Waals surface area (Å²) in [5.41, 5.74) is 9.00. The highest BCUT2D eigenvalue weighted by atomic mass is 16.5. The number of carbonyl (C=O) groups is 2. The van der Waals surface area contributed by atoms with Gasteiger partial charge in [-0.05, 0) is 62.3 Å². The van der Waals surface area contributed by atoms with E-state index in [0.29, 0.717) is 30.3 Å². The highest BCUT2D eigenvalue weighted by molar-refractivity contribution is 5.90. The predicted molar refractivity (Wildman–Crippen MR) is 131 cm³/mol. The average Bonchev–Trinajstić information content (AvgIpc) is 3.39. The molecule has 7 heteroatoms. The van der Waals surface area contributed by atoms with Gasteiger partial charge in [0, 0.05) is 11.5 Å². The van der Waals surface area contributed by atoms with E-state index in [9.17, 15) is 9.59 Å². The molecule has 0 spiro atoms. The van der Waals surface area contributed by atoms with Gasteiger partial charge in [0.05, 0.1) is 30.6 Å². The smallest absolute Gasteiger partial charge is 0.337 e. The number of aromatic amines is 1. The Morgan fingerprint density at radius 2 is 1.88 bits per heavy atom. The van der Waals surface area contributed by atoms with Gasteiger partial charge in [-0.15, -0.1) is 0 Å². The highest BCUT2D eigenvalue weighted by Gasteiger charge is 2.28. The molecule has 3 aromatic rings. The number of carbonyl (C=O) groups excluding carboxylic acids is 2. The fourth-order valence-electron chi connectivity index (χ4n) is 4.61. The Balaban J connectivity index is 1.54.